The van der Waals surface area contributed by atoms with E-state index in [2.05, 4.69) is 43.5 Å². The minimum absolute atomic E-state index is 0.0574. The average Bonchev–Trinajstić information content (AvgIpc) is 3.28. The lowest BCUT2D eigenvalue weighted by Crippen LogP contribution is -2.45. The summed E-state index contributed by atoms with van der Waals surface area (Å²) in [5.41, 5.74) is 0. The van der Waals surface area contributed by atoms with Crippen molar-refractivity contribution >= 4 is 13.7 Å². The number of nitrogens with zero attached hydrogens (tertiary/aromatic N) is 1. The molecule has 0 aliphatic carbocycles. The fraction of sp³-hybridized carbons (Fsp3) is 0.877. The summed E-state index contributed by atoms with van der Waals surface area (Å²) in [5, 5.41) is 13.9. The quantitative estimate of drug-likeness (QED) is 0.0243. The topological polar surface area (TPSA) is 105 Å². The Morgan fingerprint density at radius 3 is 1.21 bits per heavy atom. The Morgan fingerprint density at radius 2 is 0.833 bits per heavy atom. The highest BCUT2D eigenvalue weighted by Gasteiger charge is 2.27. The third-order valence-electron chi connectivity index (χ3n) is 12.8. The van der Waals surface area contributed by atoms with Crippen LogP contribution in [0.2, 0.25) is 0 Å². The first kappa shape index (κ1) is 64.7. The number of quaternary nitrogens is 1. The minimum atomic E-state index is -4.35. The van der Waals surface area contributed by atoms with E-state index in [1.165, 1.54) is 212 Å². The Labute approximate surface area is 410 Å². The van der Waals surface area contributed by atoms with E-state index in [0.717, 1.165) is 38.5 Å². The second kappa shape index (κ2) is 48.7. The standard InChI is InChI=1S/C57H111N2O6P/c1-6-8-10-12-14-16-18-20-21-22-23-24-25-26-27-28-29-30-31-32-33-34-35-36-37-39-41-43-45-47-49-51-57(61)58-55(54-65-66(62,63)64-53-52-59(3,4)5)56(60)50-48-46-44-42-40-38-19-17-15-13-11-9-7-2/h22-23,40,42,48,50,55-56,60H,6-21,24-39,41,43-47,49,51-54H2,1-5H3,(H-,58,61,62,63)/p+1/b23-22-,42-40+,50-48+. The molecular weight excluding hydrogens is 840 g/mol. The first-order chi connectivity index (χ1) is 32.0. The molecule has 0 rings (SSSR count). The zero-order valence-corrected chi connectivity index (χ0v) is 45.3. The number of nitrogens with one attached hydrogen (secondary N) is 1. The number of rotatable bonds is 52. The van der Waals surface area contributed by atoms with Crippen molar-refractivity contribution < 1.29 is 32.9 Å². The molecule has 3 N–H and O–H groups in total. The van der Waals surface area contributed by atoms with Gasteiger partial charge in [0.2, 0.25) is 5.91 Å². The SMILES string of the molecule is CCCCCCCCC/C=C/CC/C=C/C(O)C(COP(=O)(O)OCC[N+](C)(C)C)NC(=O)CCCCCCCCCCCCCCCCCCCCC/C=C\CCCCCCCCCC. The summed E-state index contributed by atoms with van der Waals surface area (Å²) in [6.07, 6.45) is 62.6. The van der Waals surface area contributed by atoms with Crippen molar-refractivity contribution in [3.63, 3.8) is 0 Å². The summed E-state index contributed by atoms with van der Waals surface area (Å²) >= 11 is 0. The van der Waals surface area contributed by atoms with Crippen LogP contribution in [0.3, 0.4) is 0 Å². The molecule has 0 aromatic heterocycles. The maximum absolute atomic E-state index is 12.9. The van der Waals surface area contributed by atoms with Crippen LogP contribution in [-0.2, 0) is 18.4 Å². The number of phosphoric acid groups is 1. The van der Waals surface area contributed by atoms with Crippen molar-refractivity contribution in [3.8, 4) is 0 Å². The van der Waals surface area contributed by atoms with Gasteiger partial charge in [-0.15, -0.1) is 0 Å². The summed E-state index contributed by atoms with van der Waals surface area (Å²) in [4.78, 5) is 23.2. The van der Waals surface area contributed by atoms with Gasteiger partial charge in [0, 0.05) is 6.42 Å². The molecule has 0 aromatic carbocycles. The smallest absolute Gasteiger partial charge is 0.387 e. The van der Waals surface area contributed by atoms with Gasteiger partial charge in [0.15, 0.2) is 0 Å². The predicted octanol–water partition coefficient (Wildman–Crippen LogP) is 17.0. The molecule has 3 unspecified atom stereocenters. The number of hydrogen-bond acceptors (Lipinski definition) is 5. The summed E-state index contributed by atoms with van der Waals surface area (Å²) in [5.74, 6) is -0.184. The van der Waals surface area contributed by atoms with Crippen LogP contribution < -0.4 is 5.32 Å². The molecule has 390 valence electrons. The van der Waals surface area contributed by atoms with E-state index in [1.54, 1.807) is 6.08 Å². The number of hydrogen-bond donors (Lipinski definition) is 3. The van der Waals surface area contributed by atoms with Gasteiger partial charge in [-0.05, 0) is 57.8 Å². The summed E-state index contributed by atoms with van der Waals surface area (Å²) in [6.45, 7) is 4.80. The molecule has 8 nitrogen and oxygen atoms in total. The number of aliphatic hydroxyl groups excluding tert-OH is 1. The van der Waals surface area contributed by atoms with Crippen LogP contribution in [0.15, 0.2) is 36.5 Å². The van der Waals surface area contributed by atoms with E-state index in [1.807, 2.05) is 27.2 Å². The molecule has 0 bridgehead atoms. The summed E-state index contributed by atoms with van der Waals surface area (Å²) < 4.78 is 23.6. The average molecular weight is 953 g/mol. The molecule has 0 fully saturated rings. The number of unbranched alkanes of at least 4 members (excludes halogenated alkanes) is 35. The maximum atomic E-state index is 12.9. The number of phosphoric ester groups is 1. The Morgan fingerprint density at radius 1 is 0.500 bits per heavy atom. The van der Waals surface area contributed by atoms with Crippen LogP contribution >= 0.6 is 7.82 Å². The zero-order valence-electron chi connectivity index (χ0n) is 44.4. The largest absolute Gasteiger partial charge is 0.472 e. The Kier molecular flexibility index (Phi) is 47.8. The second-order valence-corrected chi connectivity index (χ2v) is 22.1. The molecule has 66 heavy (non-hydrogen) atoms. The van der Waals surface area contributed by atoms with Gasteiger partial charge in [-0.25, -0.2) is 4.57 Å². The number of amides is 1. The maximum Gasteiger partial charge on any atom is 0.472 e. The van der Waals surface area contributed by atoms with Crippen LogP contribution in [-0.4, -0.2) is 73.4 Å². The van der Waals surface area contributed by atoms with Crippen molar-refractivity contribution in [3.05, 3.63) is 36.5 Å². The van der Waals surface area contributed by atoms with Crippen molar-refractivity contribution in [2.75, 3.05) is 40.9 Å². The van der Waals surface area contributed by atoms with Gasteiger partial charge >= 0.3 is 7.82 Å². The van der Waals surface area contributed by atoms with E-state index in [4.69, 9.17) is 9.05 Å². The van der Waals surface area contributed by atoms with Crippen LogP contribution in [0.4, 0.5) is 0 Å². The fourth-order valence-corrected chi connectivity index (χ4v) is 9.08. The highest BCUT2D eigenvalue weighted by Crippen LogP contribution is 2.43. The van der Waals surface area contributed by atoms with Crippen molar-refractivity contribution in [2.24, 2.45) is 0 Å². The number of carbonyl (C=O) groups excluding carboxylic acids is 1. The normalized spacial score (nSPS) is 14.2. The molecule has 0 aromatic rings. The lowest BCUT2D eigenvalue weighted by Gasteiger charge is -2.25. The van der Waals surface area contributed by atoms with E-state index < -0.39 is 20.0 Å². The Hall–Kier alpha value is -1.28. The number of likely N-dealkylation sites (N-methyl/N-ethyl adjacent to an activating group) is 1. The molecule has 0 aliphatic heterocycles. The van der Waals surface area contributed by atoms with Crippen LogP contribution in [0.25, 0.3) is 0 Å². The minimum Gasteiger partial charge on any atom is -0.387 e. The van der Waals surface area contributed by atoms with Crippen LogP contribution in [0.5, 0.6) is 0 Å². The van der Waals surface area contributed by atoms with Gasteiger partial charge < -0.3 is 19.8 Å². The third-order valence-corrected chi connectivity index (χ3v) is 13.8. The molecule has 0 radical (unpaired) electrons. The highest BCUT2D eigenvalue weighted by molar-refractivity contribution is 7.47. The first-order valence-corrected chi connectivity index (χ1v) is 29.9. The molecule has 0 saturated heterocycles. The second-order valence-electron chi connectivity index (χ2n) is 20.7. The summed E-state index contributed by atoms with van der Waals surface area (Å²) in [7, 11) is 1.56. The first-order valence-electron chi connectivity index (χ1n) is 28.4. The van der Waals surface area contributed by atoms with Gasteiger partial charge in [-0.1, -0.05) is 243 Å². The molecule has 1 amide bonds. The van der Waals surface area contributed by atoms with E-state index >= 15 is 0 Å². The lowest BCUT2D eigenvalue weighted by molar-refractivity contribution is -0.870. The molecule has 0 spiro atoms. The number of aliphatic hydroxyl groups is 1. The van der Waals surface area contributed by atoms with Gasteiger partial charge in [0.1, 0.15) is 13.2 Å². The molecular formula is C57H112N2O6P+. The van der Waals surface area contributed by atoms with E-state index in [0.29, 0.717) is 17.4 Å². The monoisotopic (exact) mass is 952 g/mol. The van der Waals surface area contributed by atoms with Crippen molar-refractivity contribution in [2.45, 2.75) is 283 Å². The molecule has 0 heterocycles. The van der Waals surface area contributed by atoms with E-state index in [9.17, 15) is 19.4 Å². The Bertz CT molecular complexity index is 1170. The number of carbonyl (C=O) groups is 1. The van der Waals surface area contributed by atoms with Gasteiger partial charge in [-0.2, -0.15) is 0 Å². The van der Waals surface area contributed by atoms with Crippen molar-refractivity contribution in [1.29, 1.82) is 0 Å². The van der Waals surface area contributed by atoms with Gasteiger partial charge in [0.05, 0.1) is 39.9 Å². The van der Waals surface area contributed by atoms with Crippen LogP contribution in [0, 0.1) is 0 Å². The highest BCUT2D eigenvalue weighted by atomic mass is 31.2. The number of allylic oxidation sites excluding steroid dienone is 5. The van der Waals surface area contributed by atoms with Crippen molar-refractivity contribution in [1.82, 2.24) is 5.32 Å². The molecule has 0 aliphatic rings. The Balaban J connectivity index is 4.04. The fourth-order valence-electron chi connectivity index (χ4n) is 8.35. The summed E-state index contributed by atoms with van der Waals surface area (Å²) in [6, 6.07) is -0.860. The zero-order chi connectivity index (χ0) is 48.5. The predicted molar refractivity (Wildman–Crippen MR) is 286 cm³/mol. The van der Waals surface area contributed by atoms with Crippen LogP contribution in [0.1, 0.15) is 271 Å². The molecule has 3 atom stereocenters. The van der Waals surface area contributed by atoms with E-state index in [-0.39, 0.29) is 19.1 Å². The molecule has 9 heteroatoms. The molecule has 0 saturated carbocycles. The van der Waals surface area contributed by atoms with Gasteiger partial charge in [-0.3, -0.25) is 13.8 Å². The van der Waals surface area contributed by atoms with Gasteiger partial charge in [0.25, 0.3) is 0 Å². The third kappa shape index (κ3) is 50.6. The lowest BCUT2D eigenvalue weighted by atomic mass is 10.0.